The van der Waals surface area contributed by atoms with Crippen LogP contribution < -0.4 is 9.75 Å². The molecule has 0 atom stereocenters. The van der Waals surface area contributed by atoms with Gasteiger partial charge in [0, 0.05) is 0 Å². The van der Waals surface area contributed by atoms with Crippen molar-refractivity contribution in [3.8, 4) is 5.75 Å². The maximum Gasteiger partial charge on any atom is 0.280 e. The van der Waals surface area contributed by atoms with Gasteiger partial charge in [-0.2, -0.15) is 10.1 Å². The third kappa shape index (κ3) is 4.96. The van der Waals surface area contributed by atoms with Crippen LogP contribution >= 0.6 is 45.2 Å². The lowest BCUT2D eigenvalue weighted by atomic mass is 10.1. The largest absolute Gasteiger partial charge is 0.487 e. The standard InChI is InChI=1S/C24H12F6I2N2O2/c1-10-14(24(35)34(33-10)22-20(29)18(27)17(26)19(28)21(22)30)6-12-7-15(31)23(16(32)8-12)36-9-11-3-2-4-13(25)5-11/h2-8H,9H2,1H3/b14-6+. The zero-order valence-corrected chi connectivity index (χ0v) is 22.3. The van der Waals surface area contributed by atoms with Crippen LogP contribution in [0.5, 0.6) is 5.75 Å². The summed E-state index contributed by atoms with van der Waals surface area (Å²) >= 11 is 4.03. The van der Waals surface area contributed by atoms with Gasteiger partial charge in [0.2, 0.25) is 5.82 Å². The van der Waals surface area contributed by atoms with E-state index in [1.54, 1.807) is 24.3 Å². The number of hydrogen-bond donors (Lipinski definition) is 0. The summed E-state index contributed by atoms with van der Waals surface area (Å²) in [5.41, 5.74) is -0.410. The molecule has 0 spiro atoms. The van der Waals surface area contributed by atoms with Crippen molar-refractivity contribution >= 4 is 68.6 Å². The van der Waals surface area contributed by atoms with Gasteiger partial charge >= 0.3 is 0 Å². The predicted octanol–water partition coefficient (Wildman–Crippen LogP) is 7.12. The van der Waals surface area contributed by atoms with E-state index in [4.69, 9.17) is 4.74 Å². The van der Waals surface area contributed by atoms with Crippen molar-refractivity contribution in [3.63, 3.8) is 0 Å². The van der Waals surface area contributed by atoms with Crippen LogP contribution in [0.2, 0.25) is 0 Å². The van der Waals surface area contributed by atoms with E-state index >= 15 is 0 Å². The summed E-state index contributed by atoms with van der Waals surface area (Å²) in [7, 11) is 0. The normalized spacial score (nSPS) is 14.6. The van der Waals surface area contributed by atoms with Crippen molar-refractivity contribution in [2.24, 2.45) is 5.10 Å². The zero-order chi connectivity index (χ0) is 26.3. The second kappa shape index (κ2) is 10.4. The van der Waals surface area contributed by atoms with E-state index in [0.29, 0.717) is 24.0 Å². The maximum atomic E-state index is 14.2. The molecule has 0 bridgehead atoms. The molecule has 4 nitrogen and oxygen atoms in total. The summed E-state index contributed by atoms with van der Waals surface area (Å²) in [6.07, 6.45) is 1.38. The summed E-state index contributed by atoms with van der Waals surface area (Å²) in [4.78, 5) is 12.9. The van der Waals surface area contributed by atoms with Crippen LogP contribution in [0, 0.1) is 42.0 Å². The Bertz CT molecular complexity index is 1420. The van der Waals surface area contributed by atoms with E-state index in [2.05, 4.69) is 5.10 Å². The molecule has 1 amide bonds. The van der Waals surface area contributed by atoms with Crippen LogP contribution in [0.1, 0.15) is 18.1 Å². The quantitative estimate of drug-likeness (QED) is 0.0925. The highest BCUT2D eigenvalue weighted by atomic mass is 127. The Balaban J connectivity index is 1.63. The number of rotatable bonds is 5. The van der Waals surface area contributed by atoms with Crippen LogP contribution in [-0.2, 0) is 11.4 Å². The molecule has 0 radical (unpaired) electrons. The summed E-state index contributed by atoms with van der Waals surface area (Å²) in [5.74, 6) is -12.0. The average Bonchev–Trinajstić information content (AvgIpc) is 3.09. The van der Waals surface area contributed by atoms with Gasteiger partial charge in [-0.25, -0.2) is 26.3 Å². The molecule has 1 aliphatic rings. The monoisotopic (exact) mass is 728 g/mol. The van der Waals surface area contributed by atoms with Gasteiger partial charge in [-0.1, -0.05) is 12.1 Å². The van der Waals surface area contributed by atoms with Gasteiger partial charge in [-0.05, 0) is 93.6 Å². The van der Waals surface area contributed by atoms with Gasteiger partial charge in [0.25, 0.3) is 5.91 Å². The summed E-state index contributed by atoms with van der Waals surface area (Å²) in [6, 6.07) is 9.28. The van der Waals surface area contributed by atoms with E-state index < -0.39 is 40.7 Å². The van der Waals surface area contributed by atoms with Gasteiger partial charge in [-0.3, -0.25) is 4.79 Å². The van der Waals surface area contributed by atoms with Crippen LogP contribution in [0.25, 0.3) is 6.08 Å². The van der Waals surface area contributed by atoms with Crippen LogP contribution in [0.15, 0.2) is 47.1 Å². The molecular weight excluding hydrogens is 716 g/mol. The van der Waals surface area contributed by atoms with Crippen LogP contribution in [0.4, 0.5) is 32.0 Å². The second-order valence-corrected chi connectivity index (χ2v) is 9.84. The molecule has 0 saturated carbocycles. The minimum atomic E-state index is -2.33. The van der Waals surface area contributed by atoms with Crippen molar-refractivity contribution in [3.05, 3.63) is 95.1 Å². The number of carbonyl (C=O) groups is 1. The molecule has 0 fully saturated rings. The van der Waals surface area contributed by atoms with Crippen molar-refractivity contribution in [2.75, 3.05) is 5.01 Å². The van der Waals surface area contributed by atoms with E-state index in [9.17, 15) is 31.1 Å². The molecule has 3 aromatic rings. The average molecular weight is 728 g/mol. The highest BCUT2D eigenvalue weighted by Gasteiger charge is 2.37. The second-order valence-electron chi connectivity index (χ2n) is 7.51. The molecule has 12 heteroatoms. The molecule has 0 aliphatic carbocycles. The van der Waals surface area contributed by atoms with Crippen molar-refractivity contribution in [1.29, 1.82) is 0 Å². The van der Waals surface area contributed by atoms with Crippen LogP contribution in [-0.4, -0.2) is 11.6 Å². The van der Waals surface area contributed by atoms with E-state index in [1.807, 2.05) is 45.2 Å². The third-order valence-electron chi connectivity index (χ3n) is 5.06. The SMILES string of the molecule is CC1=NN(c2c(F)c(F)c(F)c(F)c2F)C(=O)/C1=C/c1cc(I)c(OCc2cccc(F)c2)c(I)c1. The third-order valence-corrected chi connectivity index (χ3v) is 6.67. The number of ether oxygens (including phenoxy) is 1. The van der Waals surface area contributed by atoms with Gasteiger partial charge in [0.05, 0.1) is 18.4 Å². The first-order valence-electron chi connectivity index (χ1n) is 9.99. The Morgan fingerprint density at radius 1 is 0.917 bits per heavy atom. The molecule has 4 rings (SSSR count). The van der Waals surface area contributed by atoms with E-state index in [1.165, 1.54) is 25.1 Å². The lowest BCUT2D eigenvalue weighted by Gasteiger charge is -2.15. The molecule has 0 aromatic heterocycles. The number of amides is 1. The number of nitrogens with zero attached hydrogens (tertiary/aromatic N) is 2. The molecule has 0 saturated heterocycles. The Kier molecular flexibility index (Phi) is 7.64. The van der Waals surface area contributed by atoms with E-state index in [-0.39, 0.29) is 28.7 Å². The highest BCUT2D eigenvalue weighted by Crippen LogP contribution is 2.35. The maximum absolute atomic E-state index is 14.2. The topological polar surface area (TPSA) is 41.9 Å². The molecule has 36 heavy (non-hydrogen) atoms. The minimum Gasteiger partial charge on any atom is -0.487 e. The Morgan fingerprint density at radius 3 is 2.08 bits per heavy atom. The summed E-state index contributed by atoms with van der Waals surface area (Å²) in [5, 5.41) is 3.88. The van der Waals surface area contributed by atoms with Gasteiger partial charge in [0.15, 0.2) is 23.3 Å². The Hall–Kier alpha value is -2.62. The van der Waals surface area contributed by atoms with Gasteiger partial charge in [-0.15, -0.1) is 0 Å². The lowest BCUT2D eigenvalue weighted by Crippen LogP contribution is -2.25. The molecule has 0 unspecified atom stereocenters. The van der Waals surface area contributed by atoms with Crippen molar-refractivity contribution in [2.45, 2.75) is 13.5 Å². The summed E-state index contributed by atoms with van der Waals surface area (Å²) in [6.45, 7) is 1.48. The number of benzene rings is 3. The van der Waals surface area contributed by atoms with Crippen molar-refractivity contribution in [1.82, 2.24) is 0 Å². The molecular formula is C24H12F6I2N2O2. The molecule has 186 valence electrons. The number of anilines is 1. The molecule has 1 aliphatic heterocycles. The van der Waals surface area contributed by atoms with E-state index in [0.717, 1.165) is 0 Å². The highest BCUT2D eigenvalue weighted by molar-refractivity contribution is 14.1. The number of hydrogen-bond acceptors (Lipinski definition) is 3. The zero-order valence-electron chi connectivity index (χ0n) is 18.0. The van der Waals surface area contributed by atoms with Crippen molar-refractivity contribution < 1.29 is 35.9 Å². The first kappa shape index (κ1) is 26.4. The smallest absolute Gasteiger partial charge is 0.280 e. The fourth-order valence-electron chi connectivity index (χ4n) is 3.36. The van der Waals surface area contributed by atoms with Gasteiger partial charge < -0.3 is 4.74 Å². The first-order valence-corrected chi connectivity index (χ1v) is 12.1. The van der Waals surface area contributed by atoms with Gasteiger partial charge in [0.1, 0.15) is 23.9 Å². The minimum absolute atomic E-state index is 0.0142. The van der Waals surface area contributed by atoms with Crippen LogP contribution in [0.3, 0.4) is 0 Å². The number of hydrazone groups is 1. The molecule has 1 heterocycles. The molecule has 3 aromatic carbocycles. The fraction of sp³-hybridized carbons (Fsp3) is 0.0833. The predicted molar refractivity (Wildman–Crippen MR) is 137 cm³/mol. The fourth-order valence-corrected chi connectivity index (χ4v) is 5.49. The number of carbonyl (C=O) groups excluding carboxylic acids is 1. The Morgan fingerprint density at radius 2 is 1.50 bits per heavy atom. The molecule has 0 N–H and O–H groups in total. The first-order chi connectivity index (χ1) is 17.0. The Labute approximate surface area is 227 Å². The lowest BCUT2D eigenvalue weighted by molar-refractivity contribution is -0.114. The summed E-state index contributed by atoms with van der Waals surface area (Å²) < 4.78 is 89.7. The number of halogens is 8.